The average molecular weight is 456 g/mol. The summed E-state index contributed by atoms with van der Waals surface area (Å²) in [6.07, 6.45) is 7.10. The third kappa shape index (κ3) is 4.19. The standard InChI is InChI=1S/C22H22BrN3O3/c1-13-19(20(26-29-13)14-7-9-16(23)10-8-14)21(27)15-11-18(24-12-15)22(28)25-17-5-3-2-4-6-17/h7-12,17,24H,2-6H2,1H3,(H,25,28). The van der Waals surface area contributed by atoms with Crippen molar-refractivity contribution >= 4 is 27.6 Å². The molecule has 0 saturated heterocycles. The third-order valence-electron chi connectivity index (χ3n) is 5.34. The molecule has 0 unspecified atom stereocenters. The minimum absolute atomic E-state index is 0.175. The van der Waals surface area contributed by atoms with Crippen LogP contribution < -0.4 is 5.32 Å². The molecule has 0 aliphatic heterocycles. The molecule has 0 radical (unpaired) electrons. The smallest absolute Gasteiger partial charge is 0.267 e. The number of aromatic nitrogens is 2. The molecule has 1 aliphatic carbocycles. The molecular formula is C22H22BrN3O3. The predicted octanol–water partition coefficient (Wildman–Crippen LogP) is 5.03. The zero-order valence-corrected chi connectivity index (χ0v) is 17.7. The number of nitrogens with zero attached hydrogens (tertiary/aromatic N) is 1. The first-order valence-corrected chi connectivity index (χ1v) is 10.6. The van der Waals surface area contributed by atoms with Crippen molar-refractivity contribution in [3.8, 4) is 11.3 Å². The minimum atomic E-state index is -0.227. The second-order valence-corrected chi connectivity index (χ2v) is 8.32. The number of halogens is 1. The van der Waals surface area contributed by atoms with Crippen molar-refractivity contribution in [3.05, 3.63) is 63.6 Å². The molecule has 1 saturated carbocycles. The summed E-state index contributed by atoms with van der Waals surface area (Å²) in [6, 6.07) is 9.33. The zero-order chi connectivity index (χ0) is 20.4. The lowest BCUT2D eigenvalue weighted by Gasteiger charge is -2.22. The Bertz CT molecular complexity index is 1030. The molecule has 0 bridgehead atoms. The summed E-state index contributed by atoms with van der Waals surface area (Å²) in [5, 5.41) is 7.14. The molecule has 1 amide bonds. The summed E-state index contributed by atoms with van der Waals surface area (Å²) in [7, 11) is 0. The van der Waals surface area contributed by atoms with Crippen LogP contribution in [0.3, 0.4) is 0 Å². The van der Waals surface area contributed by atoms with E-state index in [2.05, 4.69) is 31.4 Å². The van der Waals surface area contributed by atoms with Gasteiger partial charge >= 0.3 is 0 Å². The quantitative estimate of drug-likeness (QED) is 0.527. The van der Waals surface area contributed by atoms with Crippen LogP contribution in [0.15, 0.2) is 45.5 Å². The Morgan fingerprint density at radius 2 is 1.90 bits per heavy atom. The minimum Gasteiger partial charge on any atom is -0.360 e. The van der Waals surface area contributed by atoms with Crippen LogP contribution in [-0.2, 0) is 0 Å². The fourth-order valence-electron chi connectivity index (χ4n) is 3.76. The maximum Gasteiger partial charge on any atom is 0.267 e. The van der Waals surface area contributed by atoms with E-state index in [1.54, 1.807) is 19.2 Å². The van der Waals surface area contributed by atoms with Crippen LogP contribution in [-0.4, -0.2) is 27.9 Å². The van der Waals surface area contributed by atoms with E-state index >= 15 is 0 Å². The van der Waals surface area contributed by atoms with E-state index in [1.165, 1.54) is 6.42 Å². The van der Waals surface area contributed by atoms with E-state index in [1.807, 2.05) is 24.3 Å². The van der Waals surface area contributed by atoms with Gasteiger partial charge in [-0.2, -0.15) is 0 Å². The Balaban J connectivity index is 1.56. The van der Waals surface area contributed by atoms with Gasteiger partial charge in [0.1, 0.15) is 17.1 Å². The first-order valence-electron chi connectivity index (χ1n) is 9.79. The number of benzene rings is 1. The number of rotatable bonds is 5. The number of H-pyrrole nitrogens is 1. The van der Waals surface area contributed by atoms with E-state index < -0.39 is 0 Å². The Morgan fingerprint density at radius 3 is 2.62 bits per heavy atom. The van der Waals surface area contributed by atoms with Crippen molar-refractivity contribution in [3.63, 3.8) is 0 Å². The van der Waals surface area contributed by atoms with Gasteiger partial charge in [-0.05, 0) is 38.0 Å². The summed E-state index contributed by atoms with van der Waals surface area (Å²) in [4.78, 5) is 28.6. The van der Waals surface area contributed by atoms with Crippen molar-refractivity contribution in [1.29, 1.82) is 0 Å². The van der Waals surface area contributed by atoms with Crippen molar-refractivity contribution in [2.45, 2.75) is 45.1 Å². The van der Waals surface area contributed by atoms with Crippen LogP contribution in [0.1, 0.15) is 64.3 Å². The second-order valence-electron chi connectivity index (χ2n) is 7.41. The van der Waals surface area contributed by atoms with Crippen LogP contribution in [0.25, 0.3) is 11.3 Å². The number of nitrogens with one attached hydrogen (secondary N) is 2. The number of carbonyl (C=O) groups excluding carboxylic acids is 2. The number of hydrogen-bond acceptors (Lipinski definition) is 4. The summed E-state index contributed by atoms with van der Waals surface area (Å²) in [5.74, 6) is 0.0445. The number of ketones is 1. The van der Waals surface area contributed by atoms with Crippen molar-refractivity contribution in [2.24, 2.45) is 0 Å². The highest BCUT2D eigenvalue weighted by atomic mass is 79.9. The van der Waals surface area contributed by atoms with Gasteiger partial charge < -0.3 is 14.8 Å². The molecule has 0 spiro atoms. The molecule has 6 nitrogen and oxygen atoms in total. The van der Waals surface area contributed by atoms with Gasteiger partial charge in [-0.1, -0.05) is 52.5 Å². The lowest BCUT2D eigenvalue weighted by molar-refractivity contribution is 0.0923. The number of amides is 1. The summed E-state index contributed by atoms with van der Waals surface area (Å²) in [5.41, 5.74) is 2.49. The SMILES string of the molecule is Cc1onc(-c2ccc(Br)cc2)c1C(=O)c1c[nH]c(C(=O)NC2CCCCC2)c1. The Labute approximate surface area is 177 Å². The van der Waals surface area contributed by atoms with Crippen molar-refractivity contribution < 1.29 is 14.1 Å². The Kier molecular flexibility index (Phi) is 5.67. The normalized spacial score (nSPS) is 14.7. The van der Waals surface area contributed by atoms with Crippen molar-refractivity contribution in [1.82, 2.24) is 15.5 Å². The highest BCUT2D eigenvalue weighted by Crippen LogP contribution is 2.29. The largest absolute Gasteiger partial charge is 0.360 e. The highest BCUT2D eigenvalue weighted by molar-refractivity contribution is 9.10. The topological polar surface area (TPSA) is 88.0 Å². The first kappa shape index (κ1) is 19.6. The highest BCUT2D eigenvalue weighted by Gasteiger charge is 2.25. The fraction of sp³-hybridized carbons (Fsp3) is 0.318. The Hall–Kier alpha value is -2.67. The average Bonchev–Trinajstić information content (AvgIpc) is 3.36. The lowest BCUT2D eigenvalue weighted by Crippen LogP contribution is -2.36. The molecule has 4 rings (SSSR count). The summed E-state index contributed by atoms with van der Waals surface area (Å²) < 4.78 is 6.24. The fourth-order valence-corrected chi connectivity index (χ4v) is 4.02. The van der Waals surface area contributed by atoms with E-state index in [-0.39, 0.29) is 17.7 Å². The van der Waals surface area contributed by atoms with Gasteiger partial charge in [0, 0.05) is 27.8 Å². The van der Waals surface area contributed by atoms with Gasteiger partial charge in [0.15, 0.2) is 5.78 Å². The molecule has 2 aromatic heterocycles. The lowest BCUT2D eigenvalue weighted by atomic mass is 9.95. The molecular weight excluding hydrogens is 434 g/mol. The number of aryl methyl sites for hydroxylation is 1. The molecule has 0 atom stereocenters. The van der Waals surface area contributed by atoms with Crippen molar-refractivity contribution in [2.75, 3.05) is 0 Å². The summed E-state index contributed by atoms with van der Waals surface area (Å²) >= 11 is 3.41. The first-order chi connectivity index (χ1) is 14.0. The van der Waals surface area contributed by atoms with Gasteiger partial charge in [-0.15, -0.1) is 0 Å². The van der Waals surface area contributed by atoms with E-state index in [0.29, 0.717) is 28.3 Å². The van der Waals surface area contributed by atoms with E-state index in [9.17, 15) is 9.59 Å². The van der Waals surface area contributed by atoms with Crippen LogP contribution in [0.5, 0.6) is 0 Å². The maximum atomic E-state index is 13.2. The molecule has 1 fully saturated rings. The molecule has 150 valence electrons. The van der Waals surface area contributed by atoms with Gasteiger partial charge in [-0.25, -0.2) is 0 Å². The number of aromatic amines is 1. The number of carbonyl (C=O) groups is 2. The number of hydrogen-bond donors (Lipinski definition) is 2. The van der Waals surface area contributed by atoms with Crippen LogP contribution >= 0.6 is 15.9 Å². The van der Waals surface area contributed by atoms with Crippen LogP contribution in [0, 0.1) is 6.92 Å². The predicted molar refractivity (Wildman–Crippen MR) is 113 cm³/mol. The van der Waals surface area contributed by atoms with Gasteiger partial charge in [-0.3, -0.25) is 9.59 Å². The molecule has 1 aromatic carbocycles. The van der Waals surface area contributed by atoms with Gasteiger partial charge in [0.05, 0.1) is 5.56 Å². The van der Waals surface area contributed by atoms with Gasteiger partial charge in [0.2, 0.25) is 0 Å². The third-order valence-corrected chi connectivity index (χ3v) is 5.87. The van der Waals surface area contributed by atoms with E-state index in [4.69, 9.17) is 4.52 Å². The molecule has 29 heavy (non-hydrogen) atoms. The molecule has 2 N–H and O–H groups in total. The molecule has 1 aliphatic rings. The second kappa shape index (κ2) is 8.37. The Morgan fingerprint density at radius 1 is 1.17 bits per heavy atom. The van der Waals surface area contributed by atoms with Crippen LogP contribution in [0.4, 0.5) is 0 Å². The molecule has 3 aromatic rings. The van der Waals surface area contributed by atoms with E-state index in [0.717, 1.165) is 35.7 Å². The zero-order valence-electron chi connectivity index (χ0n) is 16.1. The monoisotopic (exact) mass is 455 g/mol. The van der Waals surface area contributed by atoms with Gasteiger partial charge in [0.25, 0.3) is 5.91 Å². The van der Waals surface area contributed by atoms with Crippen LogP contribution in [0.2, 0.25) is 0 Å². The maximum absolute atomic E-state index is 13.2. The molecule has 2 heterocycles. The summed E-state index contributed by atoms with van der Waals surface area (Å²) in [6.45, 7) is 1.71. The molecule has 7 heteroatoms.